The van der Waals surface area contributed by atoms with E-state index in [9.17, 15) is 4.79 Å². The summed E-state index contributed by atoms with van der Waals surface area (Å²) in [5.41, 5.74) is 2.52. The Bertz CT molecular complexity index is 731. The van der Waals surface area contributed by atoms with Gasteiger partial charge in [0.15, 0.2) is 0 Å². The standard InChI is InChI=1S/C21H29N5O/c1-21(2,3)17-5-7-18(8-6-17)22-12-9-19(27)25-13-15-26(16-14-25)20-23-10-4-11-24-20/h4-8,10-11,22H,9,12-16H2,1-3H3. The molecule has 0 radical (unpaired) electrons. The predicted octanol–water partition coefficient (Wildman–Crippen LogP) is 2.92. The molecular weight excluding hydrogens is 338 g/mol. The highest BCUT2D eigenvalue weighted by Gasteiger charge is 2.22. The summed E-state index contributed by atoms with van der Waals surface area (Å²) in [5, 5.41) is 3.35. The summed E-state index contributed by atoms with van der Waals surface area (Å²) in [6, 6.07) is 10.3. The number of carbonyl (C=O) groups excluding carboxylic acids is 1. The monoisotopic (exact) mass is 367 g/mol. The van der Waals surface area contributed by atoms with Crippen LogP contribution in [0.1, 0.15) is 32.8 Å². The Balaban J connectivity index is 1.41. The lowest BCUT2D eigenvalue weighted by Gasteiger charge is -2.34. The van der Waals surface area contributed by atoms with E-state index in [1.807, 2.05) is 11.0 Å². The largest absolute Gasteiger partial charge is 0.385 e. The Morgan fingerprint density at radius 2 is 1.67 bits per heavy atom. The number of rotatable bonds is 5. The number of carbonyl (C=O) groups is 1. The van der Waals surface area contributed by atoms with Crippen LogP contribution >= 0.6 is 0 Å². The number of nitrogens with one attached hydrogen (secondary N) is 1. The van der Waals surface area contributed by atoms with E-state index >= 15 is 0 Å². The minimum atomic E-state index is 0.154. The second-order valence-corrected chi connectivity index (χ2v) is 7.92. The smallest absolute Gasteiger partial charge is 0.225 e. The van der Waals surface area contributed by atoms with E-state index in [-0.39, 0.29) is 11.3 Å². The van der Waals surface area contributed by atoms with Crippen LogP contribution in [0.15, 0.2) is 42.7 Å². The molecule has 1 aliphatic heterocycles. The molecule has 27 heavy (non-hydrogen) atoms. The zero-order valence-electron chi connectivity index (χ0n) is 16.5. The van der Waals surface area contributed by atoms with Gasteiger partial charge >= 0.3 is 0 Å². The van der Waals surface area contributed by atoms with E-state index in [4.69, 9.17) is 0 Å². The average Bonchev–Trinajstić information content (AvgIpc) is 2.68. The first kappa shape index (κ1) is 19.1. The summed E-state index contributed by atoms with van der Waals surface area (Å²) < 4.78 is 0. The Morgan fingerprint density at radius 1 is 1.04 bits per heavy atom. The molecule has 1 fully saturated rings. The summed E-state index contributed by atoms with van der Waals surface area (Å²) in [6.45, 7) is 10.3. The molecule has 0 bridgehead atoms. The van der Waals surface area contributed by atoms with Crippen molar-refractivity contribution in [3.05, 3.63) is 48.3 Å². The van der Waals surface area contributed by atoms with Crippen LogP contribution in [0.3, 0.4) is 0 Å². The number of amides is 1. The molecule has 1 aromatic carbocycles. The van der Waals surface area contributed by atoms with Gasteiger partial charge in [0.1, 0.15) is 0 Å². The van der Waals surface area contributed by atoms with Crippen molar-refractivity contribution in [3.63, 3.8) is 0 Å². The van der Waals surface area contributed by atoms with Crippen molar-refractivity contribution in [2.24, 2.45) is 0 Å². The van der Waals surface area contributed by atoms with Crippen molar-refractivity contribution in [1.82, 2.24) is 14.9 Å². The third kappa shape index (κ3) is 5.18. The zero-order chi connectivity index (χ0) is 19.3. The van der Waals surface area contributed by atoms with Gasteiger partial charge < -0.3 is 15.1 Å². The van der Waals surface area contributed by atoms with E-state index in [1.165, 1.54) is 5.56 Å². The van der Waals surface area contributed by atoms with Crippen LogP contribution < -0.4 is 10.2 Å². The summed E-state index contributed by atoms with van der Waals surface area (Å²) in [7, 11) is 0. The number of piperazine rings is 1. The van der Waals surface area contributed by atoms with Crippen molar-refractivity contribution in [3.8, 4) is 0 Å². The van der Waals surface area contributed by atoms with Crippen molar-refractivity contribution >= 4 is 17.5 Å². The normalized spacial score (nSPS) is 14.9. The van der Waals surface area contributed by atoms with Crippen molar-refractivity contribution < 1.29 is 4.79 Å². The molecule has 6 heteroatoms. The molecule has 1 saturated heterocycles. The molecule has 3 rings (SSSR count). The number of nitrogens with zero attached hydrogens (tertiary/aromatic N) is 4. The van der Waals surface area contributed by atoms with Crippen LogP contribution in [0.25, 0.3) is 0 Å². The van der Waals surface area contributed by atoms with E-state index in [0.29, 0.717) is 13.0 Å². The van der Waals surface area contributed by atoms with E-state index in [1.54, 1.807) is 12.4 Å². The zero-order valence-corrected chi connectivity index (χ0v) is 16.5. The minimum absolute atomic E-state index is 0.154. The first-order valence-electron chi connectivity index (χ1n) is 9.58. The minimum Gasteiger partial charge on any atom is -0.385 e. The molecule has 0 saturated carbocycles. The summed E-state index contributed by atoms with van der Waals surface area (Å²) in [6.07, 6.45) is 4.00. The molecule has 0 spiro atoms. The van der Waals surface area contributed by atoms with Gasteiger partial charge in [-0.2, -0.15) is 0 Å². The molecule has 0 unspecified atom stereocenters. The molecule has 1 aromatic heterocycles. The number of hydrogen-bond acceptors (Lipinski definition) is 5. The molecule has 1 aliphatic rings. The molecule has 1 N–H and O–H groups in total. The SMILES string of the molecule is CC(C)(C)c1ccc(NCCC(=O)N2CCN(c3ncccn3)CC2)cc1. The molecule has 0 aliphatic carbocycles. The summed E-state index contributed by atoms with van der Waals surface area (Å²) in [5.74, 6) is 0.937. The highest BCUT2D eigenvalue weighted by molar-refractivity contribution is 5.77. The maximum Gasteiger partial charge on any atom is 0.225 e. The second-order valence-electron chi connectivity index (χ2n) is 7.92. The quantitative estimate of drug-likeness (QED) is 0.880. The van der Waals surface area contributed by atoms with Crippen molar-refractivity contribution in [1.29, 1.82) is 0 Å². The maximum atomic E-state index is 12.5. The van der Waals surface area contributed by atoms with Gasteiger partial charge in [0, 0.05) is 57.2 Å². The molecule has 2 aromatic rings. The van der Waals surface area contributed by atoms with Gasteiger partial charge in [-0.15, -0.1) is 0 Å². The van der Waals surface area contributed by atoms with Crippen LogP contribution in [-0.2, 0) is 10.2 Å². The lowest BCUT2D eigenvalue weighted by Crippen LogP contribution is -2.49. The van der Waals surface area contributed by atoms with Gasteiger partial charge in [-0.05, 0) is 29.2 Å². The average molecular weight is 367 g/mol. The van der Waals surface area contributed by atoms with E-state index in [2.05, 4.69) is 65.2 Å². The van der Waals surface area contributed by atoms with Crippen LogP contribution in [0.5, 0.6) is 0 Å². The number of aromatic nitrogens is 2. The molecule has 144 valence electrons. The number of anilines is 2. The van der Waals surface area contributed by atoms with E-state index < -0.39 is 0 Å². The Hall–Kier alpha value is -2.63. The molecule has 0 atom stereocenters. The fourth-order valence-electron chi connectivity index (χ4n) is 3.17. The van der Waals surface area contributed by atoms with Gasteiger partial charge in [0.05, 0.1) is 0 Å². The van der Waals surface area contributed by atoms with Gasteiger partial charge in [0.2, 0.25) is 11.9 Å². The number of benzene rings is 1. The van der Waals surface area contributed by atoms with Crippen LogP contribution in [-0.4, -0.2) is 53.5 Å². The Morgan fingerprint density at radius 3 is 2.26 bits per heavy atom. The fraction of sp³-hybridized carbons (Fsp3) is 0.476. The summed E-state index contributed by atoms with van der Waals surface area (Å²) >= 11 is 0. The predicted molar refractivity (Wildman–Crippen MR) is 109 cm³/mol. The first-order chi connectivity index (χ1) is 12.9. The third-order valence-corrected chi connectivity index (χ3v) is 4.89. The highest BCUT2D eigenvalue weighted by atomic mass is 16.2. The lowest BCUT2D eigenvalue weighted by atomic mass is 9.87. The van der Waals surface area contributed by atoms with Crippen LogP contribution in [0.4, 0.5) is 11.6 Å². The Labute approximate surface area is 161 Å². The van der Waals surface area contributed by atoms with Gasteiger partial charge in [0.25, 0.3) is 0 Å². The molecule has 6 nitrogen and oxygen atoms in total. The van der Waals surface area contributed by atoms with Crippen LogP contribution in [0, 0.1) is 0 Å². The first-order valence-corrected chi connectivity index (χ1v) is 9.58. The highest BCUT2D eigenvalue weighted by Crippen LogP contribution is 2.23. The molecule has 1 amide bonds. The van der Waals surface area contributed by atoms with Gasteiger partial charge in [-0.25, -0.2) is 9.97 Å². The fourth-order valence-corrected chi connectivity index (χ4v) is 3.17. The van der Waals surface area contributed by atoms with Gasteiger partial charge in [-0.1, -0.05) is 32.9 Å². The molecular formula is C21H29N5O. The van der Waals surface area contributed by atoms with Crippen molar-refractivity contribution in [2.45, 2.75) is 32.6 Å². The van der Waals surface area contributed by atoms with E-state index in [0.717, 1.165) is 37.8 Å². The summed E-state index contributed by atoms with van der Waals surface area (Å²) in [4.78, 5) is 25.1. The second kappa shape index (κ2) is 8.37. The lowest BCUT2D eigenvalue weighted by molar-refractivity contribution is -0.131. The Kier molecular flexibility index (Phi) is 5.94. The van der Waals surface area contributed by atoms with Crippen molar-refractivity contribution in [2.75, 3.05) is 42.9 Å². The van der Waals surface area contributed by atoms with Gasteiger partial charge in [-0.3, -0.25) is 4.79 Å². The number of hydrogen-bond donors (Lipinski definition) is 1. The van der Waals surface area contributed by atoms with Crippen LogP contribution in [0.2, 0.25) is 0 Å². The maximum absolute atomic E-state index is 12.5. The topological polar surface area (TPSA) is 61.4 Å². The molecule has 2 heterocycles. The third-order valence-electron chi connectivity index (χ3n) is 4.89.